The molecule has 0 atom stereocenters. The maximum Gasteiger partial charge on any atom is 0.264 e. The molecule has 0 saturated heterocycles. The topological polar surface area (TPSA) is 72.2 Å². The molecule has 0 radical (unpaired) electrons. The first-order chi connectivity index (χ1) is 8.79. The van der Waals surface area contributed by atoms with Gasteiger partial charge in [0.1, 0.15) is 9.23 Å². The minimum absolute atomic E-state index is 0.0517. The van der Waals surface area contributed by atoms with Crippen molar-refractivity contribution in [2.45, 2.75) is 11.8 Å². The molecule has 0 amide bonds. The summed E-state index contributed by atoms with van der Waals surface area (Å²) < 4.78 is 27.2. The van der Waals surface area contributed by atoms with Crippen LogP contribution in [0.4, 0.5) is 11.4 Å². The van der Waals surface area contributed by atoms with Gasteiger partial charge in [-0.1, -0.05) is 29.3 Å². The Hall–Kier alpha value is -0.950. The van der Waals surface area contributed by atoms with Crippen LogP contribution in [0, 0.1) is 6.92 Å². The van der Waals surface area contributed by atoms with Gasteiger partial charge in [-0.3, -0.25) is 4.72 Å². The maximum atomic E-state index is 12.2. The van der Waals surface area contributed by atoms with Gasteiger partial charge in [-0.2, -0.15) is 0 Å². The van der Waals surface area contributed by atoms with Crippen LogP contribution in [0.25, 0.3) is 0 Å². The summed E-state index contributed by atoms with van der Waals surface area (Å²) in [5.74, 6) is 0. The van der Waals surface area contributed by atoms with Crippen LogP contribution in [0.1, 0.15) is 5.56 Å². The van der Waals surface area contributed by atoms with Gasteiger partial charge in [-0.25, -0.2) is 8.42 Å². The van der Waals surface area contributed by atoms with E-state index in [1.165, 1.54) is 6.07 Å². The molecule has 0 unspecified atom stereocenters. The largest absolute Gasteiger partial charge is 0.397 e. The highest BCUT2D eigenvalue weighted by molar-refractivity contribution is 7.93. The summed E-state index contributed by atoms with van der Waals surface area (Å²) >= 11 is 12.6. The van der Waals surface area contributed by atoms with Crippen molar-refractivity contribution in [2.75, 3.05) is 10.5 Å². The molecule has 2 aromatic rings. The van der Waals surface area contributed by atoms with E-state index in [2.05, 4.69) is 4.72 Å². The van der Waals surface area contributed by atoms with Crippen LogP contribution in [0.15, 0.2) is 29.2 Å². The summed E-state index contributed by atoms with van der Waals surface area (Å²) in [7, 11) is -3.79. The standard InChI is InChI=1S/C11H10Cl2N2O2S2/c1-6-2-3-8(7(14)4-6)15-19(16,17)9-5-10(12)18-11(9)13/h2-5,15H,14H2,1H3. The summed E-state index contributed by atoms with van der Waals surface area (Å²) in [6.45, 7) is 1.87. The number of rotatable bonds is 3. The van der Waals surface area contributed by atoms with E-state index in [4.69, 9.17) is 28.9 Å². The highest BCUT2D eigenvalue weighted by Gasteiger charge is 2.21. The van der Waals surface area contributed by atoms with Crippen molar-refractivity contribution in [3.8, 4) is 0 Å². The number of nitrogen functional groups attached to an aromatic ring is 1. The predicted molar refractivity (Wildman–Crippen MR) is 80.7 cm³/mol. The minimum Gasteiger partial charge on any atom is -0.397 e. The molecule has 4 nitrogen and oxygen atoms in total. The summed E-state index contributed by atoms with van der Waals surface area (Å²) in [4.78, 5) is -0.0517. The second kappa shape index (κ2) is 5.20. The van der Waals surface area contributed by atoms with Crippen LogP contribution in [0.2, 0.25) is 8.67 Å². The Morgan fingerprint density at radius 1 is 1.26 bits per heavy atom. The molecule has 19 heavy (non-hydrogen) atoms. The fourth-order valence-electron chi connectivity index (χ4n) is 1.48. The molecule has 0 spiro atoms. The fraction of sp³-hybridized carbons (Fsp3) is 0.0909. The number of nitrogens with one attached hydrogen (secondary N) is 1. The van der Waals surface area contributed by atoms with Gasteiger partial charge < -0.3 is 5.73 Å². The second-order valence-corrected chi connectivity index (χ2v) is 7.82. The lowest BCUT2D eigenvalue weighted by Crippen LogP contribution is -2.13. The van der Waals surface area contributed by atoms with Gasteiger partial charge in [0, 0.05) is 0 Å². The third-order valence-electron chi connectivity index (χ3n) is 2.37. The number of sulfonamides is 1. The third-order valence-corrected chi connectivity index (χ3v) is 5.48. The van der Waals surface area contributed by atoms with E-state index < -0.39 is 10.0 Å². The lowest BCUT2D eigenvalue weighted by atomic mass is 10.2. The van der Waals surface area contributed by atoms with Crippen LogP contribution in [0.3, 0.4) is 0 Å². The molecule has 1 aromatic carbocycles. The van der Waals surface area contributed by atoms with Crippen molar-refractivity contribution < 1.29 is 8.42 Å². The Balaban J connectivity index is 2.39. The quantitative estimate of drug-likeness (QED) is 0.838. The van der Waals surface area contributed by atoms with E-state index >= 15 is 0 Å². The SMILES string of the molecule is Cc1ccc(NS(=O)(=O)c2cc(Cl)sc2Cl)c(N)c1. The zero-order chi connectivity index (χ0) is 14.2. The molecule has 0 aliphatic rings. The Kier molecular flexibility index (Phi) is 3.96. The maximum absolute atomic E-state index is 12.2. The van der Waals surface area contributed by atoms with Crippen LogP contribution in [-0.4, -0.2) is 8.42 Å². The van der Waals surface area contributed by atoms with Crippen LogP contribution >= 0.6 is 34.5 Å². The molecule has 0 aliphatic heterocycles. The molecule has 0 saturated carbocycles. The Labute approximate surface area is 125 Å². The van der Waals surface area contributed by atoms with Crippen LogP contribution in [-0.2, 0) is 10.0 Å². The first-order valence-corrected chi connectivity index (χ1v) is 8.19. The molecule has 0 aliphatic carbocycles. The Bertz CT molecular complexity index is 726. The smallest absolute Gasteiger partial charge is 0.264 e. The van der Waals surface area contributed by atoms with Gasteiger partial charge in [0.2, 0.25) is 0 Å². The molecule has 1 heterocycles. The van der Waals surface area contributed by atoms with Gasteiger partial charge in [0.25, 0.3) is 10.0 Å². The van der Waals surface area contributed by atoms with E-state index in [9.17, 15) is 8.42 Å². The molecule has 8 heteroatoms. The summed E-state index contributed by atoms with van der Waals surface area (Å²) in [6.07, 6.45) is 0. The molecule has 1 aromatic heterocycles. The van der Waals surface area contributed by atoms with Gasteiger partial charge >= 0.3 is 0 Å². The van der Waals surface area contributed by atoms with E-state index in [0.717, 1.165) is 16.9 Å². The van der Waals surface area contributed by atoms with Crippen LogP contribution < -0.4 is 10.5 Å². The normalized spacial score (nSPS) is 11.5. The highest BCUT2D eigenvalue weighted by atomic mass is 35.5. The third kappa shape index (κ3) is 3.14. The number of benzene rings is 1. The number of thiophene rings is 1. The number of nitrogens with two attached hydrogens (primary N) is 1. The molecular formula is C11H10Cl2N2O2S2. The molecular weight excluding hydrogens is 327 g/mol. The zero-order valence-electron chi connectivity index (χ0n) is 9.78. The van der Waals surface area contributed by atoms with Crippen molar-refractivity contribution in [1.82, 2.24) is 0 Å². The number of aryl methyl sites for hydroxylation is 1. The average molecular weight is 337 g/mol. The number of hydrogen-bond acceptors (Lipinski definition) is 4. The first-order valence-electron chi connectivity index (χ1n) is 5.13. The van der Waals surface area contributed by atoms with Gasteiger partial charge in [0.15, 0.2) is 0 Å². The lowest BCUT2D eigenvalue weighted by molar-refractivity contribution is 0.601. The summed E-state index contributed by atoms with van der Waals surface area (Å²) in [6, 6.07) is 6.35. The van der Waals surface area contributed by atoms with Gasteiger partial charge in [-0.05, 0) is 30.7 Å². The van der Waals surface area contributed by atoms with Gasteiger partial charge in [0.05, 0.1) is 15.7 Å². The van der Waals surface area contributed by atoms with Crippen molar-refractivity contribution in [3.63, 3.8) is 0 Å². The first kappa shape index (κ1) is 14.5. The summed E-state index contributed by atoms with van der Waals surface area (Å²) in [5, 5.41) is 0. The molecule has 0 fully saturated rings. The number of anilines is 2. The van der Waals surface area contributed by atoms with E-state index in [1.807, 2.05) is 6.92 Å². The van der Waals surface area contributed by atoms with Crippen molar-refractivity contribution >= 4 is 55.9 Å². The van der Waals surface area contributed by atoms with Crippen molar-refractivity contribution in [1.29, 1.82) is 0 Å². The molecule has 0 bridgehead atoms. The molecule has 102 valence electrons. The fourth-order valence-corrected chi connectivity index (χ4v) is 4.72. The Morgan fingerprint density at radius 2 is 1.95 bits per heavy atom. The van der Waals surface area contributed by atoms with E-state index in [0.29, 0.717) is 15.7 Å². The van der Waals surface area contributed by atoms with E-state index in [1.54, 1.807) is 18.2 Å². The number of halogens is 2. The Morgan fingerprint density at radius 3 is 2.47 bits per heavy atom. The molecule has 2 rings (SSSR count). The number of hydrogen-bond donors (Lipinski definition) is 2. The van der Waals surface area contributed by atoms with Crippen molar-refractivity contribution in [3.05, 3.63) is 38.5 Å². The van der Waals surface area contributed by atoms with E-state index in [-0.39, 0.29) is 9.23 Å². The van der Waals surface area contributed by atoms with Crippen LogP contribution in [0.5, 0.6) is 0 Å². The highest BCUT2D eigenvalue weighted by Crippen LogP contribution is 2.35. The average Bonchev–Trinajstić information content (AvgIpc) is 2.63. The van der Waals surface area contributed by atoms with Crippen molar-refractivity contribution in [2.24, 2.45) is 0 Å². The summed E-state index contributed by atoms with van der Waals surface area (Å²) in [5.41, 5.74) is 7.37. The lowest BCUT2D eigenvalue weighted by Gasteiger charge is -2.10. The zero-order valence-corrected chi connectivity index (χ0v) is 12.9. The molecule has 3 N–H and O–H groups in total. The van der Waals surface area contributed by atoms with Gasteiger partial charge in [-0.15, -0.1) is 11.3 Å². The second-order valence-electron chi connectivity index (χ2n) is 3.88. The minimum atomic E-state index is -3.79. The predicted octanol–water partition coefficient (Wildman–Crippen LogP) is 3.75. The monoisotopic (exact) mass is 336 g/mol.